The quantitative estimate of drug-likeness (QED) is 0.797. The highest BCUT2D eigenvalue weighted by Crippen LogP contribution is 2.24. The van der Waals surface area contributed by atoms with Crippen molar-refractivity contribution in [3.8, 4) is 5.75 Å². The maximum absolute atomic E-state index is 12.7. The number of hydrogen-bond acceptors (Lipinski definition) is 5. The number of piperazine rings is 1. The number of ether oxygens (including phenoxy) is 1. The molecule has 1 aliphatic heterocycles. The van der Waals surface area contributed by atoms with E-state index in [2.05, 4.69) is 5.32 Å². The second kappa shape index (κ2) is 5.82. The lowest BCUT2D eigenvalue weighted by Gasteiger charge is -2.32. The Kier molecular flexibility index (Phi) is 4.29. The van der Waals surface area contributed by atoms with Crippen LogP contribution < -0.4 is 10.1 Å². The molecule has 1 heterocycles. The molecule has 0 saturated carbocycles. The van der Waals surface area contributed by atoms with Gasteiger partial charge in [0.1, 0.15) is 11.8 Å². The summed E-state index contributed by atoms with van der Waals surface area (Å²) in [6, 6.07) is 5.03. The summed E-state index contributed by atoms with van der Waals surface area (Å²) in [7, 11) is -2.52. The van der Waals surface area contributed by atoms with Gasteiger partial charge in [0, 0.05) is 6.07 Å². The van der Waals surface area contributed by atoms with E-state index in [0.717, 1.165) is 4.31 Å². The number of sulfonamides is 1. The zero-order valence-corrected chi connectivity index (χ0v) is 12.5. The highest BCUT2D eigenvalue weighted by Gasteiger charge is 2.40. The maximum Gasteiger partial charge on any atom is 0.245 e. The van der Waals surface area contributed by atoms with E-state index in [-0.39, 0.29) is 17.9 Å². The van der Waals surface area contributed by atoms with Gasteiger partial charge in [0.25, 0.3) is 0 Å². The molecule has 1 aromatic carbocycles. The second-order valence-corrected chi connectivity index (χ2v) is 6.46. The van der Waals surface area contributed by atoms with Crippen molar-refractivity contribution in [2.75, 3.05) is 13.7 Å². The summed E-state index contributed by atoms with van der Waals surface area (Å²) in [6.45, 7) is 1.32. The highest BCUT2D eigenvalue weighted by molar-refractivity contribution is 7.89. The van der Waals surface area contributed by atoms with Crippen LogP contribution in [0.1, 0.15) is 13.3 Å². The summed E-state index contributed by atoms with van der Waals surface area (Å²) in [5.74, 6) is -0.840. The monoisotopic (exact) mass is 312 g/mol. The molecule has 2 rings (SSSR count). The average Bonchev–Trinajstić information content (AvgIpc) is 2.46. The number of hydrogen-bond donors (Lipinski definition) is 1. The molecule has 0 radical (unpaired) electrons. The van der Waals surface area contributed by atoms with Gasteiger partial charge >= 0.3 is 0 Å². The van der Waals surface area contributed by atoms with Gasteiger partial charge in [-0.2, -0.15) is 4.31 Å². The largest absolute Gasteiger partial charge is 0.497 e. The molecule has 1 fully saturated rings. The van der Waals surface area contributed by atoms with Crippen molar-refractivity contribution in [1.29, 1.82) is 0 Å². The van der Waals surface area contributed by atoms with Crippen LogP contribution in [0.4, 0.5) is 0 Å². The first-order valence-electron chi connectivity index (χ1n) is 6.39. The van der Waals surface area contributed by atoms with Crippen molar-refractivity contribution in [1.82, 2.24) is 9.62 Å². The van der Waals surface area contributed by atoms with Crippen LogP contribution in [0, 0.1) is 0 Å². The summed E-state index contributed by atoms with van der Waals surface area (Å²) < 4.78 is 31.2. The molecule has 1 aliphatic rings. The van der Waals surface area contributed by atoms with Gasteiger partial charge in [0.15, 0.2) is 0 Å². The summed E-state index contributed by atoms with van der Waals surface area (Å²) in [5, 5.41) is 2.15. The first-order chi connectivity index (χ1) is 9.90. The van der Waals surface area contributed by atoms with Gasteiger partial charge in [0.2, 0.25) is 21.8 Å². The van der Waals surface area contributed by atoms with Gasteiger partial charge in [0.05, 0.1) is 18.6 Å². The fourth-order valence-corrected chi connectivity index (χ4v) is 3.83. The molecule has 21 heavy (non-hydrogen) atoms. The lowest BCUT2D eigenvalue weighted by Crippen LogP contribution is -2.59. The molecule has 0 bridgehead atoms. The van der Waals surface area contributed by atoms with Crippen LogP contribution in [0.2, 0.25) is 0 Å². The van der Waals surface area contributed by atoms with Crippen molar-refractivity contribution in [3.05, 3.63) is 24.3 Å². The van der Waals surface area contributed by atoms with E-state index < -0.39 is 27.9 Å². The molecule has 1 atom stereocenters. The van der Waals surface area contributed by atoms with Crippen LogP contribution in [0.5, 0.6) is 5.75 Å². The molecule has 1 unspecified atom stereocenters. The molecule has 1 aromatic rings. The Hall–Kier alpha value is -1.93. The summed E-state index contributed by atoms with van der Waals surface area (Å²) in [6.07, 6.45) is 0.280. The fourth-order valence-electron chi connectivity index (χ4n) is 2.18. The van der Waals surface area contributed by atoms with E-state index in [4.69, 9.17) is 4.74 Å². The Balaban J connectivity index is 2.45. The molecule has 1 saturated heterocycles. The Morgan fingerprint density at radius 1 is 1.38 bits per heavy atom. The first-order valence-corrected chi connectivity index (χ1v) is 7.83. The van der Waals surface area contributed by atoms with Crippen LogP contribution in [0.25, 0.3) is 0 Å². The van der Waals surface area contributed by atoms with E-state index in [0.29, 0.717) is 5.75 Å². The molecule has 1 N–H and O–H groups in total. The molecule has 7 nitrogen and oxygen atoms in total. The van der Waals surface area contributed by atoms with Crippen molar-refractivity contribution < 1.29 is 22.7 Å². The van der Waals surface area contributed by atoms with Gasteiger partial charge in [-0.1, -0.05) is 13.0 Å². The smallest absolute Gasteiger partial charge is 0.245 e. The highest BCUT2D eigenvalue weighted by atomic mass is 32.2. The standard InChI is InChI=1S/C13H16N2O5S/c1-3-11-13(17)14-12(16)8-15(11)21(18,19)10-6-4-5-9(7-10)20-2/h4-7,11H,3,8H2,1-2H3,(H,14,16,17). The predicted octanol–water partition coefficient (Wildman–Crippen LogP) is 0.121. The Morgan fingerprint density at radius 2 is 2.10 bits per heavy atom. The van der Waals surface area contributed by atoms with E-state index in [1.165, 1.54) is 19.2 Å². The molecule has 2 amide bonds. The third-order valence-electron chi connectivity index (χ3n) is 3.25. The first kappa shape index (κ1) is 15.5. The SMILES string of the molecule is CCC1C(=O)NC(=O)CN1S(=O)(=O)c1cccc(OC)c1. The molecule has 0 aromatic heterocycles. The van der Waals surface area contributed by atoms with E-state index in [1.54, 1.807) is 19.1 Å². The van der Waals surface area contributed by atoms with Gasteiger partial charge in [-0.25, -0.2) is 8.42 Å². The fraction of sp³-hybridized carbons (Fsp3) is 0.385. The minimum absolute atomic E-state index is 0.0113. The van der Waals surface area contributed by atoms with Crippen LogP contribution in [-0.2, 0) is 19.6 Å². The number of benzene rings is 1. The Bertz CT molecular complexity index is 671. The van der Waals surface area contributed by atoms with Gasteiger partial charge < -0.3 is 4.74 Å². The maximum atomic E-state index is 12.7. The van der Waals surface area contributed by atoms with E-state index >= 15 is 0 Å². The van der Waals surface area contributed by atoms with E-state index in [9.17, 15) is 18.0 Å². The average molecular weight is 312 g/mol. The third-order valence-corrected chi connectivity index (χ3v) is 5.10. The van der Waals surface area contributed by atoms with Gasteiger partial charge in [-0.05, 0) is 18.6 Å². The van der Waals surface area contributed by atoms with Gasteiger partial charge in [-0.15, -0.1) is 0 Å². The third kappa shape index (κ3) is 2.91. The molecule has 0 aliphatic carbocycles. The van der Waals surface area contributed by atoms with Crippen molar-refractivity contribution in [2.45, 2.75) is 24.3 Å². The minimum atomic E-state index is -3.95. The number of methoxy groups -OCH3 is 1. The summed E-state index contributed by atoms with van der Waals surface area (Å²) in [5.41, 5.74) is 0. The molecular weight excluding hydrogens is 296 g/mol. The number of rotatable bonds is 4. The number of amides is 2. The van der Waals surface area contributed by atoms with Crippen LogP contribution >= 0.6 is 0 Å². The molecule has 114 valence electrons. The van der Waals surface area contributed by atoms with Crippen molar-refractivity contribution in [3.63, 3.8) is 0 Å². The van der Waals surface area contributed by atoms with E-state index in [1.807, 2.05) is 0 Å². The zero-order chi connectivity index (χ0) is 15.6. The van der Waals surface area contributed by atoms with Gasteiger partial charge in [-0.3, -0.25) is 14.9 Å². The van der Waals surface area contributed by atoms with Crippen LogP contribution in [0.3, 0.4) is 0 Å². The number of imide groups is 1. The summed E-state index contributed by atoms with van der Waals surface area (Å²) in [4.78, 5) is 23.3. The normalized spacial score (nSPS) is 20.2. The predicted molar refractivity (Wildman–Crippen MR) is 74.1 cm³/mol. The van der Waals surface area contributed by atoms with Crippen LogP contribution in [-0.4, -0.2) is 44.2 Å². The van der Waals surface area contributed by atoms with Crippen LogP contribution in [0.15, 0.2) is 29.2 Å². The molecule has 0 spiro atoms. The summed E-state index contributed by atoms with van der Waals surface area (Å²) >= 11 is 0. The number of carbonyl (C=O) groups is 2. The Morgan fingerprint density at radius 3 is 2.71 bits per heavy atom. The minimum Gasteiger partial charge on any atom is -0.497 e. The number of nitrogens with zero attached hydrogens (tertiary/aromatic N) is 1. The Labute approximate surface area is 122 Å². The van der Waals surface area contributed by atoms with Crippen molar-refractivity contribution >= 4 is 21.8 Å². The topological polar surface area (TPSA) is 92.8 Å². The lowest BCUT2D eigenvalue weighted by molar-refractivity contribution is -0.137. The molecular formula is C13H16N2O5S. The number of carbonyl (C=O) groups excluding carboxylic acids is 2. The molecule has 8 heteroatoms. The second-order valence-electron chi connectivity index (χ2n) is 4.57. The lowest BCUT2D eigenvalue weighted by atomic mass is 10.2. The number of nitrogens with one attached hydrogen (secondary N) is 1. The zero-order valence-electron chi connectivity index (χ0n) is 11.7. The van der Waals surface area contributed by atoms with Crippen molar-refractivity contribution in [2.24, 2.45) is 0 Å².